The minimum Gasteiger partial charge on any atom is -0.342 e. The molecule has 1 saturated heterocycles. The van der Waals surface area contributed by atoms with E-state index in [2.05, 4.69) is 5.43 Å². The van der Waals surface area contributed by atoms with E-state index < -0.39 is 0 Å². The van der Waals surface area contributed by atoms with Gasteiger partial charge in [-0.2, -0.15) is 11.8 Å². The molecule has 1 heterocycles. The number of carbonyl (C=O) groups excluding carboxylic acids is 2. The fourth-order valence-corrected chi connectivity index (χ4v) is 2.76. The van der Waals surface area contributed by atoms with E-state index in [4.69, 9.17) is 5.84 Å². The van der Waals surface area contributed by atoms with Gasteiger partial charge in [0, 0.05) is 24.8 Å². The molecule has 1 rings (SSSR count). The van der Waals surface area contributed by atoms with Gasteiger partial charge in [-0.15, -0.1) is 0 Å². The number of nitrogens with zero attached hydrogens (tertiary/aromatic N) is 1. The number of piperidine rings is 1. The highest BCUT2D eigenvalue weighted by Gasteiger charge is 2.17. The molecule has 0 saturated carbocycles. The van der Waals surface area contributed by atoms with Gasteiger partial charge in [-0.25, -0.2) is 5.84 Å². The summed E-state index contributed by atoms with van der Waals surface area (Å²) in [7, 11) is 0. The Bertz CT molecular complexity index is 267. The summed E-state index contributed by atoms with van der Waals surface area (Å²) in [4.78, 5) is 24.9. The van der Waals surface area contributed by atoms with Gasteiger partial charge in [0.05, 0.1) is 5.75 Å². The van der Waals surface area contributed by atoms with Gasteiger partial charge in [-0.3, -0.25) is 15.0 Å². The molecule has 0 aliphatic carbocycles. The number of hydrogen-bond acceptors (Lipinski definition) is 4. The number of rotatable bonds is 5. The number of hydrogen-bond donors (Lipinski definition) is 2. The molecule has 0 spiro atoms. The molecule has 0 bridgehead atoms. The molecular weight excluding hydrogens is 238 g/mol. The molecule has 3 N–H and O–H groups in total. The highest BCUT2D eigenvalue weighted by atomic mass is 32.2. The summed E-state index contributed by atoms with van der Waals surface area (Å²) in [6.07, 6.45) is 3.45. The van der Waals surface area contributed by atoms with Crippen LogP contribution in [0.5, 0.6) is 0 Å². The summed E-state index contributed by atoms with van der Waals surface area (Å²) in [5.41, 5.74) is 2.12. The van der Waals surface area contributed by atoms with Crippen LogP contribution < -0.4 is 11.3 Å². The van der Waals surface area contributed by atoms with E-state index in [-0.39, 0.29) is 17.7 Å². The Morgan fingerprint density at radius 2 is 2.00 bits per heavy atom. The quantitative estimate of drug-likeness (QED) is 0.424. The number of nitrogens with two attached hydrogens (primary N) is 1. The Morgan fingerprint density at radius 3 is 2.59 bits per heavy atom. The van der Waals surface area contributed by atoms with Crippen LogP contribution in [0.25, 0.3) is 0 Å². The maximum atomic E-state index is 11.8. The van der Waals surface area contributed by atoms with E-state index in [1.165, 1.54) is 18.2 Å². The standard InChI is InChI=1S/C11H21N3O2S/c1-9(11(16)13-12)7-17-8-10(15)14-5-3-2-4-6-14/h9H,2-8,12H2,1H3,(H,13,16). The monoisotopic (exact) mass is 259 g/mol. The third kappa shape index (κ3) is 4.95. The van der Waals surface area contributed by atoms with Gasteiger partial charge in [0.2, 0.25) is 11.8 Å². The summed E-state index contributed by atoms with van der Waals surface area (Å²) in [5.74, 6) is 5.98. The number of thioether (sulfide) groups is 1. The summed E-state index contributed by atoms with van der Waals surface area (Å²) in [5, 5.41) is 0. The number of amides is 2. The first-order valence-electron chi connectivity index (χ1n) is 6.01. The van der Waals surface area contributed by atoms with E-state index in [0.717, 1.165) is 25.9 Å². The van der Waals surface area contributed by atoms with Crippen molar-refractivity contribution in [3.8, 4) is 0 Å². The van der Waals surface area contributed by atoms with Gasteiger partial charge in [0.25, 0.3) is 0 Å². The molecule has 2 amide bonds. The minimum atomic E-state index is -0.178. The zero-order valence-corrected chi connectivity index (χ0v) is 11.1. The Kier molecular flexibility index (Phi) is 6.36. The number of carbonyl (C=O) groups is 2. The molecule has 1 atom stereocenters. The van der Waals surface area contributed by atoms with Crippen molar-refractivity contribution < 1.29 is 9.59 Å². The molecule has 0 aromatic carbocycles. The van der Waals surface area contributed by atoms with Crippen LogP contribution in [0.1, 0.15) is 26.2 Å². The van der Waals surface area contributed by atoms with Crippen LogP contribution in [0, 0.1) is 5.92 Å². The van der Waals surface area contributed by atoms with Crippen molar-refractivity contribution in [1.82, 2.24) is 10.3 Å². The van der Waals surface area contributed by atoms with Gasteiger partial charge in [-0.05, 0) is 19.3 Å². The maximum Gasteiger partial charge on any atom is 0.237 e. The average molecular weight is 259 g/mol. The third-order valence-electron chi connectivity index (χ3n) is 2.89. The van der Waals surface area contributed by atoms with E-state index in [1.807, 2.05) is 4.90 Å². The van der Waals surface area contributed by atoms with Gasteiger partial charge >= 0.3 is 0 Å². The molecule has 0 radical (unpaired) electrons. The molecule has 0 aromatic heterocycles. The number of nitrogens with one attached hydrogen (secondary N) is 1. The predicted molar refractivity (Wildman–Crippen MR) is 69.3 cm³/mol. The highest BCUT2D eigenvalue weighted by Crippen LogP contribution is 2.13. The first-order chi connectivity index (χ1) is 8.15. The third-order valence-corrected chi connectivity index (χ3v) is 4.08. The Balaban J connectivity index is 2.17. The molecular formula is C11H21N3O2S. The van der Waals surface area contributed by atoms with E-state index in [9.17, 15) is 9.59 Å². The maximum absolute atomic E-state index is 11.8. The highest BCUT2D eigenvalue weighted by molar-refractivity contribution is 7.99. The zero-order chi connectivity index (χ0) is 12.7. The largest absolute Gasteiger partial charge is 0.342 e. The van der Waals surface area contributed by atoms with Crippen LogP contribution in [0.15, 0.2) is 0 Å². The molecule has 5 nitrogen and oxygen atoms in total. The van der Waals surface area contributed by atoms with E-state index in [0.29, 0.717) is 11.5 Å². The fraction of sp³-hybridized carbons (Fsp3) is 0.818. The smallest absolute Gasteiger partial charge is 0.237 e. The summed E-state index contributed by atoms with van der Waals surface area (Å²) in [6.45, 7) is 3.58. The van der Waals surface area contributed by atoms with Crippen molar-refractivity contribution in [3.05, 3.63) is 0 Å². The van der Waals surface area contributed by atoms with Crippen LogP contribution in [0.3, 0.4) is 0 Å². The molecule has 6 heteroatoms. The van der Waals surface area contributed by atoms with E-state index in [1.54, 1.807) is 6.92 Å². The van der Waals surface area contributed by atoms with Crippen LogP contribution in [0.4, 0.5) is 0 Å². The van der Waals surface area contributed by atoms with Crippen LogP contribution in [-0.4, -0.2) is 41.3 Å². The zero-order valence-electron chi connectivity index (χ0n) is 10.3. The van der Waals surface area contributed by atoms with Crippen molar-refractivity contribution in [2.75, 3.05) is 24.6 Å². The lowest BCUT2D eigenvalue weighted by Gasteiger charge is -2.26. The van der Waals surface area contributed by atoms with Crippen LogP contribution >= 0.6 is 11.8 Å². The van der Waals surface area contributed by atoms with Gasteiger partial charge < -0.3 is 4.90 Å². The number of hydrazine groups is 1. The molecule has 1 fully saturated rings. The summed E-state index contributed by atoms with van der Waals surface area (Å²) in [6, 6.07) is 0. The SMILES string of the molecule is CC(CSCC(=O)N1CCCCC1)C(=O)NN. The predicted octanol–water partition coefficient (Wildman–Crippen LogP) is 0.358. The van der Waals surface area contributed by atoms with Gasteiger partial charge in [0.15, 0.2) is 0 Å². The van der Waals surface area contributed by atoms with Gasteiger partial charge in [-0.1, -0.05) is 6.92 Å². The normalized spacial score (nSPS) is 17.6. The molecule has 1 aliphatic heterocycles. The van der Waals surface area contributed by atoms with Crippen LogP contribution in [0.2, 0.25) is 0 Å². The second kappa shape index (κ2) is 7.55. The Morgan fingerprint density at radius 1 is 1.35 bits per heavy atom. The van der Waals surface area contributed by atoms with Crippen LogP contribution in [-0.2, 0) is 9.59 Å². The lowest BCUT2D eigenvalue weighted by Crippen LogP contribution is -2.37. The van der Waals surface area contributed by atoms with E-state index >= 15 is 0 Å². The molecule has 1 aliphatic rings. The second-order valence-corrected chi connectivity index (χ2v) is 5.40. The number of likely N-dealkylation sites (tertiary alicyclic amines) is 1. The van der Waals surface area contributed by atoms with Crippen molar-refractivity contribution in [1.29, 1.82) is 0 Å². The second-order valence-electron chi connectivity index (χ2n) is 4.37. The first kappa shape index (κ1) is 14.3. The fourth-order valence-electron chi connectivity index (χ4n) is 1.78. The molecule has 1 unspecified atom stereocenters. The van der Waals surface area contributed by atoms with Crippen molar-refractivity contribution in [2.24, 2.45) is 11.8 Å². The lowest BCUT2D eigenvalue weighted by molar-refractivity contribution is -0.129. The van der Waals surface area contributed by atoms with Gasteiger partial charge in [0.1, 0.15) is 0 Å². The van der Waals surface area contributed by atoms with Crippen molar-refractivity contribution >= 4 is 23.6 Å². The van der Waals surface area contributed by atoms with Crippen molar-refractivity contribution in [2.45, 2.75) is 26.2 Å². The summed E-state index contributed by atoms with van der Waals surface area (Å²) < 4.78 is 0. The summed E-state index contributed by atoms with van der Waals surface area (Å²) >= 11 is 1.50. The topological polar surface area (TPSA) is 75.4 Å². The minimum absolute atomic E-state index is 0.154. The lowest BCUT2D eigenvalue weighted by atomic mass is 10.1. The average Bonchev–Trinajstić information content (AvgIpc) is 2.38. The van der Waals surface area contributed by atoms with Crippen molar-refractivity contribution in [3.63, 3.8) is 0 Å². The molecule has 17 heavy (non-hydrogen) atoms. The molecule has 0 aromatic rings. The Hall–Kier alpha value is -0.750. The Labute approximate surface area is 106 Å². The molecule has 98 valence electrons. The first-order valence-corrected chi connectivity index (χ1v) is 7.16.